The van der Waals surface area contributed by atoms with Gasteiger partial charge in [-0.25, -0.2) is 0 Å². The van der Waals surface area contributed by atoms with Crippen molar-refractivity contribution in [2.45, 2.75) is 20.8 Å². The summed E-state index contributed by atoms with van der Waals surface area (Å²) in [5.41, 5.74) is -0.0287. The van der Waals surface area contributed by atoms with E-state index >= 15 is 0 Å². The second-order valence-corrected chi connectivity index (χ2v) is 6.19. The lowest BCUT2D eigenvalue weighted by Crippen LogP contribution is -2.10. The third-order valence-corrected chi connectivity index (χ3v) is 2.30. The highest BCUT2D eigenvalue weighted by Gasteiger charge is 2.20. The Morgan fingerprint density at radius 3 is 1.78 bits per heavy atom. The Bertz CT molecular complexity index is 128. The smallest absolute Gasteiger partial charge is 0.198 e. The number of rotatable bonds is 1. The third kappa shape index (κ3) is 8.19. The molecule has 0 aromatic carbocycles. The van der Waals surface area contributed by atoms with E-state index in [1.54, 1.807) is 0 Å². The van der Waals surface area contributed by atoms with Crippen molar-refractivity contribution in [3.8, 4) is 0 Å². The number of hydrogen-bond acceptors (Lipinski definition) is 1. The van der Waals surface area contributed by atoms with Gasteiger partial charge in [0.1, 0.15) is 0 Å². The zero-order valence-electron chi connectivity index (χ0n) is 6.51. The minimum atomic E-state index is -2.79. The van der Waals surface area contributed by atoms with Crippen LogP contribution in [0, 0.1) is 5.41 Å². The van der Waals surface area contributed by atoms with Crippen LogP contribution >= 0.6 is 7.37 Å². The molecule has 0 rings (SSSR count). The molecule has 0 aliphatic rings. The van der Waals surface area contributed by atoms with Crippen molar-refractivity contribution in [3.63, 3.8) is 0 Å². The lowest BCUT2D eigenvalue weighted by Gasteiger charge is -2.19. The Labute approximate surface area is 56.7 Å². The Morgan fingerprint density at radius 2 is 1.78 bits per heavy atom. The van der Waals surface area contributed by atoms with Crippen LogP contribution in [-0.4, -0.2) is 17.7 Å². The average molecular weight is 150 g/mol. The lowest BCUT2D eigenvalue weighted by molar-refractivity contribution is 0.423. The maximum atomic E-state index is 10.8. The quantitative estimate of drug-likeness (QED) is 0.580. The molecule has 0 aromatic rings. The van der Waals surface area contributed by atoms with Crippen molar-refractivity contribution in [2.24, 2.45) is 5.41 Å². The molecule has 0 bridgehead atoms. The summed E-state index contributed by atoms with van der Waals surface area (Å²) < 4.78 is 10.8. The molecule has 9 heavy (non-hydrogen) atoms. The molecular weight excluding hydrogens is 135 g/mol. The van der Waals surface area contributed by atoms with Gasteiger partial charge in [0.2, 0.25) is 0 Å². The molecule has 3 heteroatoms. The second-order valence-electron chi connectivity index (χ2n) is 3.77. The predicted molar refractivity (Wildman–Crippen MR) is 40.1 cm³/mol. The molecule has 0 aromatic heterocycles. The fourth-order valence-corrected chi connectivity index (χ4v) is 2.64. The van der Waals surface area contributed by atoms with E-state index in [0.29, 0.717) is 6.16 Å². The summed E-state index contributed by atoms with van der Waals surface area (Å²) in [6.07, 6.45) is 0.403. The monoisotopic (exact) mass is 150 g/mol. The topological polar surface area (TPSA) is 37.3 Å². The summed E-state index contributed by atoms with van der Waals surface area (Å²) in [5, 5.41) is 0. The SMILES string of the molecule is CC(C)(C)CP(C)(=O)O. The minimum absolute atomic E-state index is 0.0287. The lowest BCUT2D eigenvalue weighted by atomic mass is 10.0. The van der Waals surface area contributed by atoms with Gasteiger partial charge in [-0.3, -0.25) is 4.57 Å². The highest BCUT2D eigenvalue weighted by atomic mass is 31.2. The molecule has 56 valence electrons. The Morgan fingerprint density at radius 1 is 1.44 bits per heavy atom. The van der Waals surface area contributed by atoms with E-state index in [-0.39, 0.29) is 5.41 Å². The van der Waals surface area contributed by atoms with Crippen molar-refractivity contribution < 1.29 is 9.46 Å². The van der Waals surface area contributed by atoms with Gasteiger partial charge in [-0.2, -0.15) is 0 Å². The predicted octanol–water partition coefficient (Wildman–Crippen LogP) is 1.93. The van der Waals surface area contributed by atoms with Crippen LogP contribution in [0.4, 0.5) is 0 Å². The highest BCUT2D eigenvalue weighted by molar-refractivity contribution is 7.57. The first-order valence-electron chi connectivity index (χ1n) is 3.00. The fraction of sp³-hybridized carbons (Fsp3) is 1.00. The molecule has 1 atom stereocenters. The molecule has 0 aliphatic carbocycles. The van der Waals surface area contributed by atoms with Crippen LogP contribution < -0.4 is 0 Å². The summed E-state index contributed by atoms with van der Waals surface area (Å²) in [6, 6.07) is 0. The summed E-state index contributed by atoms with van der Waals surface area (Å²) in [7, 11) is -2.79. The van der Waals surface area contributed by atoms with Crippen molar-refractivity contribution in [3.05, 3.63) is 0 Å². The van der Waals surface area contributed by atoms with Gasteiger partial charge in [0, 0.05) is 12.8 Å². The van der Waals surface area contributed by atoms with Crippen molar-refractivity contribution in [1.82, 2.24) is 0 Å². The van der Waals surface area contributed by atoms with Gasteiger partial charge in [-0.05, 0) is 5.41 Å². The molecule has 0 spiro atoms. The van der Waals surface area contributed by atoms with Crippen LogP contribution in [-0.2, 0) is 4.57 Å². The average Bonchev–Trinajstić information content (AvgIpc) is 1.14. The third-order valence-electron chi connectivity index (χ3n) is 0.768. The molecule has 0 heterocycles. The normalized spacial score (nSPS) is 19.2. The van der Waals surface area contributed by atoms with E-state index in [1.807, 2.05) is 20.8 Å². The molecule has 0 fully saturated rings. The first-order chi connectivity index (χ1) is 3.71. The zero-order valence-corrected chi connectivity index (χ0v) is 7.40. The molecule has 1 unspecified atom stereocenters. The molecule has 0 amide bonds. The molecule has 0 aliphatic heterocycles. The zero-order chi connectivity index (χ0) is 7.71. The Kier molecular flexibility index (Phi) is 2.48. The van der Waals surface area contributed by atoms with E-state index in [0.717, 1.165) is 0 Å². The summed E-state index contributed by atoms with van der Waals surface area (Å²) in [4.78, 5) is 8.91. The van der Waals surface area contributed by atoms with E-state index in [1.165, 1.54) is 6.66 Å². The summed E-state index contributed by atoms with van der Waals surface area (Å²) in [5.74, 6) is 0. The van der Waals surface area contributed by atoms with Crippen molar-refractivity contribution in [1.29, 1.82) is 0 Å². The first-order valence-corrected chi connectivity index (χ1v) is 5.29. The van der Waals surface area contributed by atoms with Gasteiger partial charge in [0.25, 0.3) is 0 Å². The molecule has 1 N–H and O–H groups in total. The van der Waals surface area contributed by atoms with E-state index in [4.69, 9.17) is 4.89 Å². The molecule has 0 saturated carbocycles. The maximum absolute atomic E-state index is 10.8. The fourth-order valence-electron chi connectivity index (χ4n) is 0.880. The molecule has 0 saturated heterocycles. The van der Waals surface area contributed by atoms with Gasteiger partial charge in [-0.1, -0.05) is 20.8 Å². The molecular formula is C6H15O2P. The molecule has 2 nitrogen and oxygen atoms in total. The van der Waals surface area contributed by atoms with Gasteiger partial charge in [-0.15, -0.1) is 0 Å². The Balaban J connectivity index is 3.90. The minimum Gasteiger partial charge on any atom is -0.344 e. The number of hydrogen-bond donors (Lipinski definition) is 1. The summed E-state index contributed by atoms with van der Waals surface area (Å²) >= 11 is 0. The molecule has 0 radical (unpaired) electrons. The van der Waals surface area contributed by atoms with Gasteiger partial charge < -0.3 is 4.89 Å². The van der Waals surface area contributed by atoms with Crippen LogP contribution in [0.1, 0.15) is 20.8 Å². The first kappa shape index (κ1) is 9.19. The second kappa shape index (κ2) is 2.43. The van der Waals surface area contributed by atoms with E-state index in [2.05, 4.69) is 0 Å². The van der Waals surface area contributed by atoms with Crippen molar-refractivity contribution in [2.75, 3.05) is 12.8 Å². The van der Waals surface area contributed by atoms with E-state index in [9.17, 15) is 4.57 Å². The van der Waals surface area contributed by atoms with Gasteiger partial charge >= 0.3 is 0 Å². The van der Waals surface area contributed by atoms with Crippen LogP contribution in [0.25, 0.3) is 0 Å². The summed E-state index contributed by atoms with van der Waals surface area (Å²) in [6.45, 7) is 7.27. The van der Waals surface area contributed by atoms with Crippen LogP contribution in [0.3, 0.4) is 0 Å². The van der Waals surface area contributed by atoms with E-state index < -0.39 is 7.37 Å². The Hall–Kier alpha value is 0.190. The van der Waals surface area contributed by atoms with Crippen LogP contribution in [0.2, 0.25) is 0 Å². The maximum Gasteiger partial charge on any atom is 0.198 e. The van der Waals surface area contributed by atoms with Gasteiger partial charge in [0.15, 0.2) is 7.37 Å². The van der Waals surface area contributed by atoms with Crippen LogP contribution in [0.15, 0.2) is 0 Å². The highest BCUT2D eigenvalue weighted by Crippen LogP contribution is 2.41. The van der Waals surface area contributed by atoms with Gasteiger partial charge in [0.05, 0.1) is 0 Å². The standard InChI is InChI=1S/C6H15O2P/c1-6(2,3)5-9(4,7)8/h5H2,1-4H3,(H,7,8). The van der Waals surface area contributed by atoms with Crippen molar-refractivity contribution >= 4 is 7.37 Å². The van der Waals surface area contributed by atoms with Crippen LogP contribution in [0.5, 0.6) is 0 Å². The largest absolute Gasteiger partial charge is 0.344 e.